The highest BCUT2D eigenvalue weighted by molar-refractivity contribution is 8.00. The molecule has 17 nitrogen and oxygen atoms in total. The molecule has 0 unspecified atom stereocenters. The highest BCUT2D eigenvalue weighted by atomic mass is 32.2. The van der Waals surface area contributed by atoms with Gasteiger partial charge in [0.15, 0.2) is 22.5 Å². The Labute approximate surface area is 477 Å². The van der Waals surface area contributed by atoms with E-state index >= 15 is 0 Å². The van der Waals surface area contributed by atoms with Gasteiger partial charge in [0.1, 0.15) is 42.0 Å². The summed E-state index contributed by atoms with van der Waals surface area (Å²) in [7, 11) is 0. The highest BCUT2D eigenvalue weighted by Gasteiger charge is 2.12. The maximum Gasteiger partial charge on any atom is 0.324 e. The Hall–Kier alpha value is -7.29. The van der Waals surface area contributed by atoms with Crippen LogP contribution in [0.2, 0.25) is 0 Å². The molecule has 0 spiro atoms. The first kappa shape index (κ1) is 69.7. The van der Waals surface area contributed by atoms with Crippen LogP contribution in [0.5, 0.6) is 17.2 Å². The molecule has 0 aliphatic carbocycles. The zero-order valence-corrected chi connectivity index (χ0v) is 49.5. The predicted molar refractivity (Wildman–Crippen MR) is 313 cm³/mol. The summed E-state index contributed by atoms with van der Waals surface area (Å²) in [5.41, 5.74) is 0. The minimum Gasteiger partial charge on any atom is -0.486 e. The number of thiophene rings is 1. The van der Waals surface area contributed by atoms with Gasteiger partial charge in [-0.05, 0) is 72.8 Å². The Morgan fingerprint density at radius 3 is 1.48 bits per heavy atom. The number of nitrogens with zero attached hydrogens (tertiary/aromatic N) is 6. The van der Waals surface area contributed by atoms with Crippen LogP contribution in [0.4, 0.5) is 5.00 Å². The lowest BCUT2D eigenvalue weighted by Gasteiger charge is -2.06. The second-order valence-electron chi connectivity index (χ2n) is 18.4. The van der Waals surface area contributed by atoms with Gasteiger partial charge in [-0.15, -0.1) is 11.8 Å². The number of carbonyl (C=O) groups is 6. The SMILES string of the molecule is CC(C)C(=O)/C=C/c1ccc([N+](=O)[O-])s1.CC(C)C(=O)COc1ccccc1.CC(C)C(=O)COc1cccnc1.CC(C)C(=O)CSc1ccncc1.CC(C)C(=O)CSc1ncccn1.CC(C)C(=O)Oc1cccnc1. The lowest BCUT2D eigenvalue weighted by molar-refractivity contribution is -0.380. The van der Waals surface area contributed by atoms with E-state index in [1.54, 1.807) is 111 Å². The van der Waals surface area contributed by atoms with E-state index in [1.807, 2.05) is 112 Å². The summed E-state index contributed by atoms with van der Waals surface area (Å²) >= 11 is 4.01. The van der Waals surface area contributed by atoms with Gasteiger partial charge in [-0.1, -0.05) is 124 Å². The Bertz CT molecular complexity index is 2470. The van der Waals surface area contributed by atoms with E-state index in [0.29, 0.717) is 33.9 Å². The quantitative estimate of drug-likeness (QED) is 0.0153. The molecule has 1 aromatic carbocycles. The molecule has 0 saturated heterocycles. The molecule has 20 heteroatoms. The van der Waals surface area contributed by atoms with E-state index in [2.05, 4.69) is 24.9 Å². The number of hydrogen-bond donors (Lipinski definition) is 0. The average molecular weight is 1140 g/mol. The molecular weight excluding hydrogens is 1060 g/mol. The van der Waals surface area contributed by atoms with Crippen LogP contribution in [0.25, 0.3) is 6.08 Å². The number of ether oxygens (including phenoxy) is 3. The molecule has 0 bridgehead atoms. The summed E-state index contributed by atoms with van der Waals surface area (Å²) in [4.78, 5) is 98.6. The summed E-state index contributed by atoms with van der Waals surface area (Å²) in [5, 5.41) is 11.1. The zero-order chi connectivity index (χ0) is 59.1. The fourth-order valence-corrected chi connectivity index (χ4v) is 7.09. The number of hydrogen-bond acceptors (Lipinski definition) is 19. The van der Waals surface area contributed by atoms with Crippen LogP contribution in [0.1, 0.15) is 88.0 Å². The van der Waals surface area contributed by atoms with Crippen molar-refractivity contribution >= 4 is 80.8 Å². The van der Waals surface area contributed by atoms with E-state index in [4.69, 9.17) is 14.2 Å². The molecule has 0 N–H and O–H groups in total. The largest absolute Gasteiger partial charge is 0.486 e. The van der Waals surface area contributed by atoms with Gasteiger partial charge in [0, 0.05) is 82.6 Å². The summed E-state index contributed by atoms with van der Waals surface area (Å²) in [6.07, 6.45) is 16.3. The van der Waals surface area contributed by atoms with Gasteiger partial charge in [0.05, 0.1) is 34.7 Å². The molecule has 0 aliphatic rings. The van der Waals surface area contributed by atoms with Gasteiger partial charge in [-0.2, -0.15) is 0 Å². The van der Waals surface area contributed by atoms with Crippen molar-refractivity contribution in [2.24, 2.45) is 35.5 Å². The van der Waals surface area contributed by atoms with Crippen molar-refractivity contribution in [1.82, 2.24) is 24.9 Å². The molecule has 0 amide bonds. The number of Topliss-reactive ketones (excluding diaryl/α,β-unsaturated/α-hetero) is 4. The minimum atomic E-state index is -0.438. The molecule has 0 radical (unpaired) electrons. The molecule has 0 atom stereocenters. The lowest BCUT2D eigenvalue weighted by Crippen LogP contribution is -2.16. The van der Waals surface area contributed by atoms with Crippen LogP contribution in [0, 0.1) is 45.6 Å². The van der Waals surface area contributed by atoms with Crippen molar-refractivity contribution in [2.45, 2.75) is 93.1 Å². The lowest BCUT2D eigenvalue weighted by atomic mass is 10.1. The second-order valence-corrected chi connectivity index (χ2v) is 21.5. The molecule has 0 saturated carbocycles. The molecule has 6 rings (SSSR count). The van der Waals surface area contributed by atoms with Crippen LogP contribution in [0.3, 0.4) is 0 Å². The summed E-state index contributed by atoms with van der Waals surface area (Å²) in [5.74, 6) is 3.58. The van der Waals surface area contributed by atoms with Crippen molar-refractivity contribution < 1.29 is 47.9 Å². The number of rotatable bonds is 22. The first-order chi connectivity index (χ1) is 37.5. The third-order valence-corrected chi connectivity index (χ3v) is 12.7. The first-order valence-corrected chi connectivity index (χ1v) is 28.1. The number of carbonyl (C=O) groups excluding carboxylic acids is 6. The Morgan fingerprint density at radius 1 is 0.532 bits per heavy atom. The zero-order valence-electron chi connectivity index (χ0n) is 47.0. The Kier molecular flexibility index (Phi) is 36.1. The van der Waals surface area contributed by atoms with Gasteiger partial charge in [-0.25, -0.2) is 9.97 Å². The Morgan fingerprint density at radius 2 is 1.03 bits per heavy atom. The molecule has 5 aromatic heterocycles. The molecule has 424 valence electrons. The van der Waals surface area contributed by atoms with Gasteiger partial charge in [0.25, 0.3) is 0 Å². The fourth-order valence-electron chi connectivity index (χ4n) is 4.54. The van der Waals surface area contributed by atoms with Gasteiger partial charge in [-0.3, -0.25) is 53.8 Å². The summed E-state index contributed by atoms with van der Waals surface area (Å²) < 4.78 is 15.5. The van der Waals surface area contributed by atoms with Gasteiger partial charge < -0.3 is 14.2 Å². The maximum atomic E-state index is 11.3. The molecule has 0 aliphatic heterocycles. The normalized spacial score (nSPS) is 10.4. The van der Waals surface area contributed by atoms with Crippen molar-refractivity contribution in [2.75, 3.05) is 24.7 Å². The van der Waals surface area contributed by atoms with Crippen LogP contribution in [-0.2, 0) is 28.8 Å². The number of para-hydroxylation sites is 1. The van der Waals surface area contributed by atoms with E-state index in [-0.39, 0.29) is 82.8 Å². The van der Waals surface area contributed by atoms with Crippen molar-refractivity contribution in [3.63, 3.8) is 0 Å². The van der Waals surface area contributed by atoms with Gasteiger partial charge >= 0.3 is 11.0 Å². The summed E-state index contributed by atoms with van der Waals surface area (Å²) in [6, 6.07) is 25.0. The molecule has 6 aromatic rings. The van der Waals surface area contributed by atoms with E-state index in [1.165, 1.54) is 30.1 Å². The van der Waals surface area contributed by atoms with Crippen LogP contribution in [0.15, 0.2) is 151 Å². The molecule has 0 fully saturated rings. The van der Waals surface area contributed by atoms with E-state index in [9.17, 15) is 38.9 Å². The fraction of sp³-hybridized carbons (Fsp3) is 0.373. The third kappa shape index (κ3) is 34.3. The monoisotopic (exact) mass is 1140 g/mol. The standard InChI is InChI=1S/C11H14O2.C10H11NO3S.C10H13NO2.C10H13NOS.C9H12N2OS.C9H11NO2/c1-9(2)11(12)8-13-10-6-4-3-5-7-10;1-7(2)9(12)5-3-8-4-6-10(15-8)11(13)14;1-8(2)10(12)7-13-9-4-3-5-11-6-9;1-8(2)10(12)7-13-9-3-5-11-6-4-9;1-7(2)8(12)6-13-9-10-4-3-5-11-9;1-7(2)9(11)12-8-4-3-5-10-6-8/h3-7,9H,8H2,1-2H3;3-7H,1-2H3;2*3-6,8H,7H2,1-2H3;3-5,7H,6H2,1-2H3;3-7H,1-2H3/b;5-3+;;;;. The molecule has 79 heavy (non-hydrogen) atoms. The number of aromatic nitrogens is 5. The third-order valence-electron chi connectivity index (χ3n) is 9.73. The molecule has 5 heterocycles. The second kappa shape index (κ2) is 40.9. The van der Waals surface area contributed by atoms with Crippen molar-refractivity contribution in [1.29, 1.82) is 0 Å². The number of thioether (sulfide) groups is 2. The number of esters is 1. The Balaban J connectivity index is 0.000000475. The number of benzene rings is 1. The summed E-state index contributed by atoms with van der Waals surface area (Å²) in [6.45, 7) is 22.6. The number of nitro groups is 1. The van der Waals surface area contributed by atoms with Crippen molar-refractivity contribution in [3.8, 4) is 17.2 Å². The van der Waals surface area contributed by atoms with Crippen LogP contribution < -0.4 is 14.2 Å². The topological polar surface area (TPSA) is 238 Å². The number of pyridine rings is 3. The highest BCUT2D eigenvalue weighted by Crippen LogP contribution is 2.25. The average Bonchev–Trinajstić information content (AvgIpc) is 3.94. The van der Waals surface area contributed by atoms with E-state index in [0.717, 1.165) is 26.9 Å². The minimum absolute atomic E-state index is 0.0195. The number of allylic oxidation sites excluding steroid dienone is 1. The molecular formula is C59H74N6O11S3. The smallest absolute Gasteiger partial charge is 0.324 e. The van der Waals surface area contributed by atoms with Crippen molar-refractivity contribution in [3.05, 3.63) is 156 Å². The van der Waals surface area contributed by atoms with E-state index < -0.39 is 4.92 Å². The van der Waals surface area contributed by atoms with Crippen LogP contribution >= 0.6 is 34.9 Å². The van der Waals surface area contributed by atoms with Gasteiger partial charge in [0.2, 0.25) is 0 Å². The first-order valence-electron chi connectivity index (χ1n) is 25.3. The predicted octanol–water partition coefficient (Wildman–Crippen LogP) is 12.7. The number of ketones is 5. The van der Waals surface area contributed by atoms with Crippen LogP contribution in [-0.4, -0.2) is 89.4 Å². The maximum absolute atomic E-state index is 11.3.